The second-order valence-electron chi connectivity index (χ2n) is 5.64. The summed E-state index contributed by atoms with van der Waals surface area (Å²) in [4.78, 5) is -0.595. The van der Waals surface area contributed by atoms with E-state index in [1.54, 1.807) is 6.92 Å². The lowest BCUT2D eigenvalue weighted by Crippen LogP contribution is -2.41. The van der Waals surface area contributed by atoms with Gasteiger partial charge in [-0.2, -0.15) is 4.31 Å². The normalized spacial score (nSPS) is 18.2. The Hall–Kier alpha value is -1.65. The minimum absolute atomic E-state index is 0.0381. The van der Waals surface area contributed by atoms with E-state index in [0.717, 1.165) is 11.6 Å². The Morgan fingerprint density at radius 2 is 1.88 bits per heavy atom. The van der Waals surface area contributed by atoms with E-state index in [2.05, 4.69) is 5.32 Å². The van der Waals surface area contributed by atoms with E-state index in [9.17, 15) is 16.8 Å². The zero-order valence-electron chi connectivity index (χ0n) is 13.2. The van der Waals surface area contributed by atoms with Gasteiger partial charge in [-0.05, 0) is 24.6 Å². The van der Waals surface area contributed by atoms with Crippen LogP contribution in [0.4, 0.5) is 5.69 Å². The number of nitrogens with zero attached hydrogens (tertiary/aromatic N) is 1. The maximum Gasteiger partial charge on any atom is 0.247 e. The molecule has 10 heteroatoms. The number of halogens is 1. The quantitative estimate of drug-likeness (QED) is 0.818. The molecule has 0 amide bonds. The molecule has 7 nitrogen and oxygen atoms in total. The highest BCUT2D eigenvalue weighted by atomic mass is 35.5. The number of nitrogens with two attached hydrogens (primary N) is 1. The second kappa shape index (κ2) is 6.26. The molecular weight excluding hydrogens is 386 g/mol. The van der Waals surface area contributed by atoms with E-state index >= 15 is 0 Å². The van der Waals surface area contributed by atoms with Crippen molar-refractivity contribution in [1.82, 2.24) is 4.31 Å². The van der Waals surface area contributed by atoms with Gasteiger partial charge in [0.05, 0.1) is 17.4 Å². The minimum atomic E-state index is -4.15. The van der Waals surface area contributed by atoms with Crippen molar-refractivity contribution in [3.8, 4) is 0 Å². The predicted molar refractivity (Wildman–Crippen MR) is 95.2 cm³/mol. The lowest BCUT2D eigenvalue weighted by atomic mass is 10.1. The fourth-order valence-electron chi connectivity index (χ4n) is 2.72. The topological polar surface area (TPSA) is 110 Å². The van der Waals surface area contributed by atoms with Crippen LogP contribution < -0.4 is 10.5 Å². The van der Waals surface area contributed by atoms with E-state index in [0.29, 0.717) is 0 Å². The first-order valence-electron chi connectivity index (χ1n) is 7.29. The zero-order valence-corrected chi connectivity index (χ0v) is 15.6. The predicted octanol–water partition coefficient (Wildman–Crippen LogP) is 2.12. The highest BCUT2D eigenvalue weighted by molar-refractivity contribution is 7.90. The van der Waals surface area contributed by atoms with Gasteiger partial charge in [-0.1, -0.05) is 41.9 Å². The van der Waals surface area contributed by atoms with Gasteiger partial charge >= 0.3 is 0 Å². The molecule has 0 spiro atoms. The average molecular weight is 402 g/mol. The highest BCUT2D eigenvalue weighted by Gasteiger charge is 2.36. The molecule has 0 aromatic heterocycles. The van der Waals surface area contributed by atoms with Crippen LogP contribution in [0.1, 0.15) is 18.5 Å². The summed E-state index contributed by atoms with van der Waals surface area (Å²) in [6, 6.07) is 11.0. The fraction of sp³-hybridized carbons (Fsp3) is 0.200. The molecule has 1 aliphatic rings. The molecule has 3 rings (SSSR count). The maximum absolute atomic E-state index is 13.0. The van der Waals surface area contributed by atoms with Gasteiger partial charge in [0.1, 0.15) is 9.79 Å². The van der Waals surface area contributed by atoms with Crippen molar-refractivity contribution in [2.24, 2.45) is 5.14 Å². The molecule has 1 aliphatic heterocycles. The largest absolute Gasteiger partial charge is 0.370 e. The number of rotatable bonds is 3. The van der Waals surface area contributed by atoms with Crippen molar-refractivity contribution in [3.63, 3.8) is 0 Å². The summed E-state index contributed by atoms with van der Waals surface area (Å²) >= 11 is 5.93. The van der Waals surface area contributed by atoms with Crippen LogP contribution >= 0.6 is 11.6 Å². The van der Waals surface area contributed by atoms with E-state index in [4.69, 9.17) is 16.7 Å². The lowest BCUT2D eigenvalue weighted by molar-refractivity contribution is 0.355. The van der Waals surface area contributed by atoms with E-state index < -0.39 is 31.0 Å². The van der Waals surface area contributed by atoms with Gasteiger partial charge in [-0.3, -0.25) is 0 Å². The van der Waals surface area contributed by atoms with Crippen LogP contribution in [-0.4, -0.2) is 27.8 Å². The first kappa shape index (κ1) is 18.2. The Morgan fingerprint density at radius 1 is 1.24 bits per heavy atom. The molecule has 3 N–H and O–H groups in total. The van der Waals surface area contributed by atoms with Gasteiger partial charge in [0.15, 0.2) is 0 Å². The third-order valence-electron chi connectivity index (χ3n) is 4.07. The highest BCUT2D eigenvalue weighted by Crippen LogP contribution is 2.38. The molecule has 1 atom stereocenters. The summed E-state index contributed by atoms with van der Waals surface area (Å²) < 4.78 is 50.6. The number of nitrogens with one attached hydrogen (secondary N) is 1. The first-order chi connectivity index (χ1) is 11.6. The number of hydrogen-bond donors (Lipinski definition) is 2. The van der Waals surface area contributed by atoms with Gasteiger partial charge in [0, 0.05) is 6.04 Å². The molecule has 25 heavy (non-hydrogen) atoms. The smallest absolute Gasteiger partial charge is 0.247 e. The van der Waals surface area contributed by atoms with Crippen LogP contribution in [-0.2, 0) is 20.0 Å². The van der Waals surface area contributed by atoms with Gasteiger partial charge in [-0.25, -0.2) is 22.0 Å². The molecule has 0 bridgehead atoms. The van der Waals surface area contributed by atoms with Gasteiger partial charge in [0.2, 0.25) is 20.0 Å². The van der Waals surface area contributed by atoms with Gasteiger partial charge in [0.25, 0.3) is 0 Å². The molecule has 2 aromatic carbocycles. The number of benzene rings is 2. The van der Waals surface area contributed by atoms with Crippen LogP contribution in [0, 0.1) is 0 Å². The van der Waals surface area contributed by atoms with Crippen molar-refractivity contribution in [3.05, 3.63) is 53.1 Å². The number of primary sulfonamides is 1. The average Bonchev–Trinajstić information content (AvgIpc) is 2.53. The van der Waals surface area contributed by atoms with Crippen LogP contribution in [0.15, 0.2) is 52.3 Å². The summed E-state index contributed by atoms with van der Waals surface area (Å²) in [6.45, 7) is 1.80. The molecule has 0 saturated heterocycles. The molecule has 1 unspecified atom stereocenters. The first-order valence-corrected chi connectivity index (χ1v) is 10.7. The third-order valence-corrected chi connectivity index (χ3v) is 7.40. The van der Waals surface area contributed by atoms with Crippen LogP contribution in [0.2, 0.25) is 5.02 Å². The van der Waals surface area contributed by atoms with Crippen molar-refractivity contribution in [2.45, 2.75) is 22.8 Å². The molecule has 0 aliphatic carbocycles. The zero-order chi connectivity index (χ0) is 18.4. The van der Waals surface area contributed by atoms with Crippen molar-refractivity contribution < 1.29 is 16.8 Å². The van der Waals surface area contributed by atoms with Gasteiger partial charge in [-0.15, -0.1) is 0 Å². The standard InChI is InChI=1S/C15H16ClN3O4S2/c1-10(11-5-3-2-4-6-11)19-9-18-13-7-12(16)14(24(17,20)21)8-15(13)25(19,22)23/h2-8,10,18H,9H2,1H3,(H2,17,20,21). The summed E-state index contributed by atoms with van der Waals surface area (Å²) in [6.07, 6.45) is 0. The molecule has 0 saturated carbocycles. The Kier molecular flexibility index (Phi) is 4.54. The Balaban J connectivity index is 2.11. The van der Waals surface area contributed by atoms with E-state index in [-0.39, 0.29) is 22.3 Å². The monoisotopic (exact) mass is 401 g/mol. The molecule has 0 radical (unpaired) electrons. The molecule has 0 fully saturated rings. The Labute approximate surface area is 151 Å². The van der Waals surface area contributed by atoms with Crippen molar-refractivity contribution in [1.29, 1.82) is 0 Å². The lowest BCUT2D eigenvalue weighted by Gasteiger charge is -2.34. The number of anilines is 1. The molecular formula is C15H16ClN3O4S2. The SMILES string of the molecule is CC(c1ccccc1)N1CNc2cc(Cl)c(S(N)(=O)=O)cc2S1(=O)=O. The minimum Gasteiger partial charge on any atom is -0.370 e. The van der Waals surface area contributed by atoms with Crippen LogP contribution in [0.3, 0.4) is 0 Å². The fourth-order valence-corrected chi connectivity index (χ4v) is 5.60. The third kappa shape index (κ3) is 3.25. The molecule has 134 valence electrons. The number of fused-ring (bicyclic) bond motifs is 1. The number of sulfonamides is 2. The maximum atomic E-state index is 13.0. The van der Waals surface area contributed by atoms with Crippen molar-refractivity contribution in [2.75, 3.05) is 12.0 Å². The summed E-state index contributed by atoms with van der Waals surface area (Å²) in [5.74, 6) is 0. The van der Waals surface area contributed by atoms with Gasteiger partial charge < -0.3 is 5.32 Å². The van der Waals surface area contributed by atoms with Crippen molar-refractivity contribution >= 4 is 37.3 Å². The second-order valence-corrected chi connectivity index (χ2v) is 9.43. The summed E-state index contributed by atoms with van der Waals surface area (Å²) in [5, 5.41) is 7.96. The van der Waals surface area contributed by atoms with E-state index in [1.165, 1.54) is 10.4 Å². The number of hydrogen-bond acceptors (Lipinski definition) is 5. The molecule has 2 aromatic rings. The summed E-state index contributed by atoms with van der Waals surface area (Å²) in [7, 11) is -8.09. The van der Waals surface area contributed by atoms with Crippen LogP contribution in [0.5, 0.6) is 0 Å². The Bertz CT molecular complexity index is 1020. The molecule has 1 heterocycles. The van der Waals surface area contributed by atoms with Crippen LogP contribution in [0.25, 0.3) is 0 Å². The van der Waals surface area contributed by atoms with E-state index in [1.807, 2.05) is 30.3 Å². The summed E-state index contributed by atoms with van der Waals surface area (Å²) in [5.41, 5.74) is 1.06. The Morgan fingerprint density at radius 3 is 2.48 bits per heavy atom.